The highest BCUT2D eigenvalue weighted by atomic mass is 16.5. The Morgan fingerprint density at radius 2 is 1.70 bits per heavy atom. The van der Waals surface area contributed by atoms with Gasteiger partial charge in [0.25, 0.3) is 0 Å². The van der Waals surface area contributed by atoms with Crippen LogP contribution in [0.1, 0.15) is 106 Å². The van der Waals surface area contributed by atoms with E-state index in [-0.39, 0.29) is 45.9 Å². The summed E-state index contributed by atoms with van der Waals surface area (Å²) in [5.74, 6) is 1.62. The lowest BCUT2D eigenvalue weighted by atomic mass is 9.38. The largest absolute Gasteiger partial charge is 0.455 e. The summed E-state index contributed by atoms with van der Waals surface area (Å²) in [6.07, 6.45) is 15.1. The van der Waals surface area contributed by atoms with Crippen LogP contribution in [0.25, 0.3) is 6.08 Å². The van der Waals surface area contributed by atoms with Gasteiger partial charge >= 0.3 is 5.97 Å². The summed E-state index contributed by atoms with van der Waals surface area (Å²) in [6, 6.07) is 9.90. The number of esters is 1. The highest BCUT2D eigenvalue weighted by Crippen LogP contribution is 2.75. The fourth-order valence-corrected chi connectivity index (χ4v) is 10.9. The van der Waals surface area contributed by atoms with Crippen LogP contribution in [-0.4, -0.2) is 36.5 Å². The molecule has 0 unspecified atom stereocenters. The summed E-state index contributed by atoms with van der Waals surface area (Å²) in [5.41, 5.74) is 3.86. The molecular formula is C40H58O4. The summed E-state index contributed by atoms with van der Waals surface area (Å²) in [6.45, 7) is 18.8. The molecule has 0 aliphatic heterocycles. The second-order valence-corrected chi connectivity index (χ2v) is 16.3. The summed E-state index contributed by atoms with van der Waals surface area (Å²) in [5, 5.41) is 11.0. The highest BCUT2D eigenvalue weighted by molar-refractivity contribution is 5.87. The monoisotopic (exact) mass is 602 g/mol. The van der Waals surface area contributed by atoms with E-state index >= 15 is 0 Å². The molecule has 3 fully saturated rings. The minimum atomic E-state index is -0.291. The number of fused-ring (bicyclic) bond motifs is 5. The molecule has 0 spiro atoms. The number of carbonyl (C=O) groups is 1. The van der Waals surface area contributed by atoms with Crippen LogP contribution in [0.2, 0.25) is 0 Å². The first-order valence-corrected chi connectivity index (χ1v) is 17.2. The molecule has 0 amide bonds. The molecule has 44 heavy (non-hydrogen) atoms. The first-order chi connectivity index (χ1) is 20.7. The van der Waals surface area contributed by atoms with Gasteiger partial charge in [0.05, 0.1) is 12.2 Å². The van der Waals surface area contributed by atoms with Gasteiger partial charge in [-0.25, -0.2) is 4.79 Å². The third kappa shape index (κ3) is 5.57. The molecule has 0 radical (unpaired) electrons. The minimum Gasteiger partial charge on any atom is -0.455 e. The number of ether oxygens (including phenoxy) is 2. The van der Waals surface area contributed by atoms with E-state index in [1.54, 1.807) is 6.08 Å². The first kappa shape index (κ1) is 33.2. The fraction of sp³-hybridized carbons (Fsp3) is 0.675. The third-order valence-electron chi connectivity index (χ3n) is 13.4. The Morgan fingerprint density at radius 1 is 1.00 bits per heavy atom. The molecule has 0 saturated heterocycles. The van der Waals surface area contributed by atoms with Gasteiger partial charge in [-0.05, 0) is 111 Å². The van der Waals surface area contributed by atoms with Gasteiger partial charge in [-0.3, -0.25) is 0 Å². The standard InChI is InChI=1S/C40H58O4/c1-26(2)23-29(44-35(42)18-15-28-13-11-10-12-14-28)24-27(3)30-19-20-40(8)36-33(43-9)25-32-31(16-17-34(41)37(32,4)5)38(36,6)21-22-39(30,40)7/h10-15,18,23,25,27,29-31,33-34,36,41H,16-17,19-22,24H2,1-9H3/b18-15+/t27-,29+,30-,31-,33+,34+,36-,38+,39-,40+/m1/s1. The van der Waals surface area contributed by atoms with Gasteiger partial charge in [0.15, 0.2) is 0 Å². The number of benzene rings is 1. The van der Waals surface area contributed by atoms with Crippen LogP contribution in [0, 0.1) is 45.3 Å². The van der Waals surface area contributed by atoms with Crippen LogP contribution in [-0.2, 0) is 14.3 Å². The highest BCUT2D eigenvalue weighted by Gasteiger charge is 2.69. The SMILES string of the molecule is CO[C@H]1C=C2[C@@H](CC[C@H](O)C2(C)C)[C@]2(C)CC[C@]3(C)[C@@H]([C@H](C)C[C@H](C=C(C)C)OC(=O)/C=C/c4ccccc4)CC[C@@]3(C)[C@H]12. The number of carbonyl (C=O) groups excluding carboxylic acids is 1. The molecule has 4 heteroatoms. The minimum absolute atomic E-state index is 0.0604. The zero-order chi connectivity index (χ0) is 32.1. The van der Waals surface area contributed by atoms with Gasteiger partial charge in [-0.1, -0.05) is 89.1 Å². The Hall–Kier alpha value is -2.17. The van der Waals surface area contributed by atoms with Crippen LogP contribution in [0.5, 0.6) is 0 Å². The van der Waals surface area contributed by atoms with E-state index in [1.807, 2.05) is 43.5 Å². The van der Waals surface area contributed by atoms with E-state index in [9.17, 15) is 9.90 Å². The van der Waals surface area contributed by atoms with Crippen molar-refractivity contribution in [3.8, 4) is 0 Å². The van der Waals surface area contributed by atoms with Crippen molar-refractivity contribution in [1.82, 2.24) is 0 Å². The van der Waals surface area contributed by atoms with Gasteiger partial charge in [-0.2, -0.15) is 0 Å². The molecule has 0 bridgehead atoms. The summed E-state index contributed by atoms with van der Waals surface area (Å²) in [7, 11) is 1.89. The van der Waals surface area contributed by atoms with E-state index in [0.29, 0.717) is 23.7 Å². The Kier molecular flexibility index (Phi) is 9.21. The fourth-order valence-electron chi connectivity index (χ4n) is 10.9. The number of aliphatic hydroxyl groups excluding tert-OH is 1. The number of methoxy groups -OCH3 is 1. The van der Waals surface area contributed by atoms with E-state index in [4.69, 9.17) is 9.47 Å². The van der Waals surface area contributed by atoms with Crippen molar-refractivity contribution in [2.24, 2.45) is 45.3 Å². The molecule has 3 saturated carbocycles. The van der Waals surface area contributed by atoms with E-state index < -0.39 is 0 Å². The van der Waals surface area contributed by atoms with Crippen LogP contribution < -0.4 is 0 Å². The van der Waals surface area contributed by atoms with Crippen LogP contribution >= 0.6 is 0 Å². The van der Waals surface area contributed by atoms with Crippen LogP contribution in [0.3, 0.4) is 0 Å². The molecule has 0 aromatic heterocycles. The lowest BCUT2D eigenvalue weighted by Crippen LogP contribution is -2.63. The molecule has 5 rings (SSSR count). The van der Waals surface area contributed by atoms with E-state index in [1.165, 1.54) is 36.8 Å². The smallest absolute Gasteiger partial charge is 0.331 e. The predicted molar refractivity (Wildman–Crippen MR) is 180 cm³/mol. The molecular weight excluding hydrogens is 544 g/mol. The van der Waals surface area contributed by atoms with Gasteiger partial charge in [0.1, 0.15) is 6.10 Å². The molecule has 4 aliphatic carbocycles. The molecule has 10 atom stereocenters. The predicted octanol–water partition coefficient (Wildman–Crippen LogP) is 9.20. The van der Waals surface area contributed by atoms with Crippen LogP contribution in [0.15, 0.2) is 59.7 Å². The van der Waals surface area contributed by atoms with Gasteiger partial charge in [0.2, 0.25) is 0 Å². The maximum absolute atomic E-state index is 12.9. The maximum Gasteiger partial charge on any atom is 0.331 e. The van der Waals surface area contributed by atoms with Gasteiger partial charge in [-0.15, -0.1) is 0 Å². The summed E-state index contributed by atoms with van der Waals surface area (Å²) >= 11 is 0. The molecule has 4 nitrogen and oxygen atoms in total. The van der Waals surface area contributed by atoms with Crippen molar-refractivity contribution in [2.75, 3.05) is 7.11 Å². The Morgan fingerprint density at radius 3 is 2.36 bits per heavy atom. The van der Waals surface area contributed by atoms with E-state index in [2.05, 4.69) is 67.5 Å². The molecule has 242 valence electrons. The average Bonchev–Trinajstić information content (AvgIpc) is 3.24. The zero-order valence-electron chi connectivity index (χ0n) is 28.9. The third-order valence-corrected chi connectivity index (χ3v) is 13.4. The molecule has 4 aliphatic rings. The van der Waals surface area contributed by atoms with Gasteiger partial charge in [0, 0.05) is 24.5 Å². The zero-order valence-corrected chi connectivity index (χ0v) is 28.9. The number of aliphatic hydroxyl groups is 1. The Labute approximate surface area is 267 Å². The van der Waals surface area contributed by atoms with Crippen molar-refractivity contribution in [3.63, 3.8) is 0 Å². The average molecular weight is 603 g/mol. The lowest BCUT2D eigenvalue weighted by molar-refractivity contribution is -0.183. The van der Waals surface area contributed by atoms with Crippen molar-refractivity contribution in [2.45, 2.75) is 119 Å². The molecule has 1 aromatic carbocycles. The second-order valence-electron chi connectivity index (χ2n) is 16.3. The number of hydrogen-bond acceptors (Lipinski definition) is 4. The lowest BCUT2D eigenvalue weighted by Gasteiger charge is -2.67. The van der Waals surface area contributed by atoms with Crippen molar-refractivity contribution < 1.29 is 19.4 Å². The number of hydrogen-bond donors (Lipinski definition) is 1. The number of rotatable bonds is 8. The Balaban J connectivity index is 1.38. The molecule has 0 heterocycles. The molecule has 1 aromatic rings. The Bertz CT molecular complexity index is 1290. The quantitative estimate of drug-likeness (QED) is 0.183. The maximum atomic E-state index is 12.9. The molecule has 1 N–H and O–H groups in total. The van der Waals surface area contributed by atoms with Crippen molar-refractivity contribution in [1.29, 1.82) is 0 Å². The van der Waals surface area contributed by atoms with Crippen molar-refractivity contribution in [3.05, 3.63) is 65.3 Å². The topological polar surface area (TPSA) is 55.8 Å². The normalized spacial score (nSPS) is 39.0. The van der Waals surface area contributed by atoms with E-state index in [0.717, 1.165) is 24.8 Å². The van der Waals surface area contributed by atoms with Crippen LogP contribution in [0.4, 0.5) is 0 Å². The number of allylic oxidation sites excluding steroid dienone is 1. The first-order valence-electron chi connectivity index (χ1n) is 17.2. The summed E-state index contributed by atoms with van der Waals surface area (Å²) < 4.78 is 12.5. The second kappa shape index (κ2) is 12.2. The van der Waals surface area contributed by atoms with Crippen molar-refractivity contribution >= 4 is 12.0 Å². The summed E-state index contributed by atoms with van der Waals surface area (Å²) in [4.78, 5) is 12.9. The van der Waals surface area contributed by atoms with Gasteiger partial charge < -0.3 is 14.6 Å².